The summed E-state index contributed by atoms with van der Waals surface area (Å²) in [6.07, 6.45) is 3.88. The SMILES string of the molecule is C=CCOC(C)CN/C=C(\C)Br. The highest BCUT2D eigenvalue weighted by Gasteiger charge is 1.97. The van der Waals surface area contributed by atoms with Gasteiger partial charge >= 0.3 is 0 Å². The quantitative estimate of drug-likeness (QED) is 0.712. The molecule has 70 valence electrons. The van der Waals surface area contributed by atoms with Crippen LogP contribution in [-0.4, -0.2) is 19.3 Å². The monoisotopic (exact) mass is 233 g/mol. The van der Waals surface area contributed by atoms with Crippen molar-refractivity contribution in [1.29, 1.82) is 0 Å². The topological polar surface area (TPSA) is 21.3 Å². The summed E-state index contributed by atoms with van der Waals surface area (Å²) in [7, 11) is 0. The zero-order valence-corrected chi connectivity index (χ0v) is 9.23. The molecule has 0 rings (SSSR count). The average Bonchev–Trinajstić information content (AvgIpc) is 2.00. The lowest BCUT2D eigenvalue weighted by Gasteiger charge is -2.11. The summed E-state index contributed by atoms with van der Waals surface area (Å²) in [4.78, 5) is 0. The Morgan fingerprint density at radius 2 is 2.42 bits per heavy atom. The Morgan fingerprint density at radius 3 is 2.92 bits per heavy atom. The van der Waals surface area contributed by atoms with Gasteiger partial charge in [0.05, 0.1) is 12.7 Å². The van der Waals surface area contributed by atoms with E-state index in [1.807, 2.05) is 20.0 Å². The van der Waals surface area contributed by atoms with Crippen molar-refractivity contribution in [3.8, 4) is 0 Å². The molecule has 0 aromatic carbocycles. The van der Waals surface area contributed by atoms with Crippen LogP contribution in [0.5, 0.6) is 0 Å². The van der Waals surface area contributed by atoms with E-state index in [1.54, 1.807) is 6.08 Å². The molecular formula is C9H16BrNO. The molecule has 0 aromatic rings. The first-order valence-corrected chi connectivity index (χ1v) is 4.74. The molecule has 0 spiro atoms. The summed E-state index contributed by atoms with van der Waals surface area (Å²) in [6, 6.07) is 0. The van der Waals surface area contributed by atoms with Gasteiger partial charge in [-0.15, -0.1) is 6.58 Å². The van der Waals surface area contributed by atoms with Gasteiger partial charge in [0, 0.05) is 17.2 Å². The molecule has 0 saturated carbocycles. The van der Waals surface area contributed by atoms with E-state index in [4.69, 9.17) is 4.74 Å². The molecule has 0 aliphatic rings. The molecule has 3 heteroatoms. The van der Waals surface area contributed by atoms with Crippen LogP contribution < -0.4 is 5.32 Å². The van der Waals surface area contributed by atoms with Crippen LogP contribution in [0.1, 0.15) is 13.8 Å². The van der Waals surface area contributed by atoms with E-state index < -0.39 is 0 Å². The van der Waals surface area contributed by atoms with Gasteiger partial charge < -0.3 is 10.1 Å². The normalized spacial score (nSPS) is 14.1. The maximum atomic E-state index is 5.35. The van der Waals surface area contributed by atoms with Gasteiger partial charge in [0.1, 0.15) is 0 Å². The van der Waals surface area contributed by atoms with Crippen LogP contribution in [0.25, 0.3) is 0 Å². The second-order valence-electron chi connectivity index (χ2n) is 2.57. The zero-order chi connectivity index (χ0) is 9.40. The number of allylic oxidation sites excluding steroid dienone is 1. The third-order valence-corrected chi connectivity index (χ3v) is 1.43. The van der Waals surface area contributed by atoms with E-state index in [0.29, 0.717) is 6.61 Å². The van der Waals surface area contributed by atoms with Gasteiger partial charge in [0.25, 0.3) is 0 Å². The lowest BCUT2D eigenvalue weighted by Crippen LogP contribution is -2.23. The maximum absolute atomic E-state index is 5.35. The minimum absolute atomic E-state index is 0.214. The Balaban J connectivity index is 3.37. The standard InChI is InChI=1S/C9H16BrNO/c1-4-5-12-9(3)7-11-6-8(2)10/h4,6,9,11H,1,5,7H2,2-3H3/b8-6+. The van der Waals surface area contributed by atoms with Gasteiger partial charge in [0.15, 0.2) is 0 Å². The third kappa shape index (κ3) is 7.82. The number of halogens is 1. The fraction of sp³-hybridized carbons (Fsp3) is 0.556. The number of nitrogens with one attached hydrogen (secondary N) is 1. The summed E-state index contributed by atoms with van der Waals surface area (Å²) in [6.45, 7) is 9.00. The van der Waals surface area contributed by atoms with Crippen molar-refractivity contribution in [3.63, 3.8) is 0 Å². The smallest absolute Gasteiger partial charge is 0.0723 e. The molecule has 1 atom stereocenters. The Hall–Kier alpha value is -0.280. The molecule has 1 N–H and O–H groups in total. The van der Waals surface area contributed by atoms with E-state index in [1.165, 1.54) is 0 Å². The van der Waals surface area contributed by atoms with Crippen LogP contribution >= 0.6 is 15.9 Å². The number of rotatable bonds is 6. The molecule has 12 heavy (non-hydrogen) atoms. The Kier molecular flexibility index (Phi) is 7.20. The molecule has 0 aliphatic carbocycles. The van der Waals surface area contributed by atoms with Crippen LogP contribution in [-0.2, 0) is 4.74 Å². The molecule has 0 radical (unpaired) electrons. The zero-order valence-electron chi connectivity index (χ0n) is 7.64. The maximum Gasteiger partial charge on any atom is 0.0723 e. The lowest BCUT2D eigenvalue weighted by molar-refractivity contribution is 0.0905. The summed E-state index contributed by atoms with van der Waals surface area (Å²) < 4.78 is 6.43. The highest BCUT2D eigenvalue weighted by molar-refractivity contribution is 9.11. The second kappa shape index (κ2) is 7.37. The van der Waals surface area contributed by atoms with Crippen molar-refractivity contribution in [1.82, 2.24) is 5.32 Å². The van der Waals surface area contributed by atoms with Crippen molar-refractivity contribution in [2.75, 3.05) is 13.2 Å². The van der Waals surface area contributed by atoms with Crippen LogP contribution in [0.2, 0.25) is 0 Å². The summed E-state index contributed by atoms with van der Waals surface area (Å²) in [5, 5.41) is 3.13. The number of hydrogen-bond acceptors (Lipinski definition) is 2. The predicted molar refractivity (Wildman–Crippen MR) is 56.3 cm³/mol. The van der Waals surface area contributed by atoms with Crippen LogP contribution in [0, 0.1) is 0 Å². The highest BCUT2D eigenvalue weighted by Crippen LogP contribution is 1.98. The number of ether oxygens (including phenoxy) is 1. The minimum atomic E-state index is 0.214. The largest absolute Gasteiger partial charge is 0.388 e. The third-order valence-electron chi connectivity index (χ3n) is 1.20. The van der Waals surface area contributed by atoms with E-state index in [0.717, 1.165) is 11.0 Å². The molecule has 0 bridgehead atoms. The van der Waals surface area contributed by atoms with E-state index in [2.05, 4.69) is 27.8 Å². The van der Waals surface area contributed by atoms with Crippen molar-refractivity contribution in [3.05, 3.63) is 23.3 Å². The molecule has 0 fully saturated rings. The second-order valence-corrected chi connectivity index (χ2v) is 3.82. The van der Waals surface area contributed by atoms with Crippen molar-refractivity contribution in [2.45, 2.75) is 20.0 Å². The Morgan fingerprint density at radius 1 is 1.75 bits per heavy atom. The molecule has 0 aliphatic heterocycles. The summed E-state index contributed by atoms with van der Waals surface area (Å²) in [5.74, 6) is 0. The predicted octanol–water partition coefficient (Wildman–Crippen LogP) is 2.42. The van der Waals surface area contributed by atoms with E-state index in [-0.39, 0.29) is 6.10 Å². The molecule has 0 saturated heterocycles. The molecule has 1 unspecified atom stereocenters. The van der Waals surface area contributed by atoms with Crippen molar-refractivity contribution >= 4 is 15.9 Å². The minimum Gasteiger partial charge on any atom is -0.388 e. The van der Waals surface area contributed by atoms with Gasteiger partial charge in [-0.05, 0) is 13.8 Å². The first kappa shape index (κ1) is 11.7. The summed E-state index contributed by atoms with van der Waals surface area (Å²) in [5.41, 5.74) is 0. The molecule has 2 nitrogen and oxygen atoms in total. The van der Waals surface area contributed by atoms with E-state index in [9.17, 15) is 0 Å². The molecule has 0 aromatic heterocycles. The Labute approximate surface area is 82.8 Å². The number of hydrogen-bond donors (Lipinski definition) is 1. The summed E-state index contributed by atoms with van der Waals surface area (Å²) >= 11 is 3.32. The average molecular weight is 234 g/mol. The van der Waals surface area contributed by atoms with Crippen molar-refractivity contribution < 1.29 is 4.74 Å². The van der Waals surface area contributed by atoms with Crippen LogP contribution in [0.3, 0.4) is 0 Å². The lowest BCUT2D eigenvalue weighted by atomic mass is 10.4. The van der Waals surface area contributed by atoms with Gasteiger partial charge in [0.2, 0.25) is 0 Å². The van der Waals surface area contributed by atoms with Gasteiger partial charge in [-0.3, -0.25) is 0 Å². The van der Waals surface area contributed by atoms with Gasteiger partial charge in [-0.1, -0.05) is 22.0 Å². The van der Waals surface area contributed by atoms with Crippen LogP contribution in [0.4, 0.5) is 0 Å². The molecule has 0 heterocycles. The highest BCUT2D eigenvalue weighted by atomic mass is 79.9. The van der Waals surface area contributed by atoms with Gasteiger partial charge in [-0.2, -0.15) is 0 Å². The fourth-order valence-electron chi connectivity index (χ4n) is 0.657. The van der Waals surface area contributed by atoms with Crippen LogP contribution in [0.15, 0.2) is 23.3 Å². The van der Waals surface area contributed by atoms with Gasteiger partial charge in [-0.25, -0.2) is 0 Å². The first-order valence-electron chi connectivity index (χ1n) is 3.95. The molecular weight excluding hydrogens is 218 g/mol. The first-order chi connectivity index (χ1) is 5.66. The van der Waals surface area contributed by atoms with E-state index >= 15 is 0 Å². The molecule has 0 amide bonds. The fourth-order valence-corrected chi connectivity index (χ4v) is 0.819. The Bertz CT molecular complexity index is 153. The van der Waals surface area contributed by atoms with Crippen molar-refractivity contribution in [2.24, 2.45) is 0 Å².